The van der Waals surface area contributed by atoms with Crippen LogP contribution in [-0.2, 0) is 9.84 Å². The quantitative estimate of drug-likeness (QED) is 0.882. The number of rotatable bonds is 3. The highest BCUT2D eigenvalue weighted by atomic mass is 32.2. The number of halogens is 1. The van der Waals surface area contributed by atoms with E-state index in [0.29, 0.717) is 5.76 Å². The molecule has 2 rings (SSSR count). The summed E-state index contributed by atoms with van der Waals surface area (Å²) in [5.74, 6) is -0.894. The Hall–Kier alpha value is -2.15. The van der Waals surface area contributed by atoms with Crippen molar-refractivity contribution < 1.29 is 22.0 Å². The van der Waals surface area contributed by atoms with E-state index in [9.17, 15) is 17.6 Å². The van der Waals surface area contributed by atoms with Crippen molar-refractivity contribution in [2.24, 2.45) is 0 Å². The zero-order chi connectivity index (χ0) is 14.9. The van der Waals surface area contributed by atoms with Crippen molar-refractivity contribution in [3.05, 3.63) is 47.7 Å². The first-order chi connectivity index (χ1) is 9.29. The molecule has 1 aromatic heterocycles. The minimum Gasteiger partial charge on any atom is -0.469 e. The van der Waals surface area contributed by atoms with Crippen molar-refractivity contribution in [2.75, 3.05) is 11.6 Å². The van der Waals surface area contributed by atoms with Crippen molar-refractivity contribution in [1.82, 2.24) is 0 Å². The van der Waals surface area contributed by atoms with Gasteiger partial charge in [0.25, 0.3) is 5.91 Å². The number of carbonyl (C=O) groups is 1. The molecule has 0 unspecified atom stereocenters. The van der Waals surface area contributed by atoms with Crippen LogP contribution in [0.5, 0.6) is 0 Å². The predicted octanol–water partition coefficient (Wildman–Crippen LogP) is 2.38. The molecule has 0 fully saturated rings. The van der Waals surface area contributed by atoms with E-state index in [2.05, 4.69) is 5.32 Å². The number of carbonyl (C=O) groups excluding carboxylic acids is 1. The van der Waals surface area contributed by atoms with Crippen LogP contribution in [-0.4, -0.2) is 20.6 Å². The second kappa shape index (κ2) is 5.09. The highest BCUT2D eigenvalue weighted by Crippen LogP contribution is 2.21. The molecule has 1 amide bonds. The average molecular weight is 297 g/mol. The number of aryl methyl sites for hydroxylation is 1. The number of hydrogen-bond donors (Lipinski definition) is 1. The van der Waals surface area contributed by atoms with Gasteiger partial charge in [-0.1, -0.05) is 0 Å². The van der Waals surface area contributed by atoms with E-state index >= 15 is 0 Å². The normalized spacial score (nSPS) is 11.3. The van der Waals surface area contributed by atoms with Gasteiger partial charge in [-0.05, 0) is 31.2 Å². The van der Waals surface area contributed by atoms with Gasteiger partial charge in [-0.25, -0.2) is 12.8 Å². The molecule has 0 bridgehead atoms. The van der Waals surface area contributed by atoms with E-state index in [1.807, 2.05) is 0 Å². The van der Waals surface area contributed by atoms with Crippen molar-refractivity contribution in [2.45, 2.75) is 11.8 Å². The maximum Gasteiger partial charge on any atom is 0.259 e. The molecule has 7 heteroatoms. The fourth-order valence-corrected chi connectivity index (χ4v) is 2.29. The minimum absolute atomic E-state index is 0.0712. The molecular weight excluding hydrogens is 285 g/mol. The molecule has 0 aliphatic rings. The lowest BCUT2D eigenvalue weighted by Crippen LogP contribution is -2.13. The largest absolute Gasteiger partial charge is 0.469 e. The van der Waals surface area contributed by atoms with Crippen LogP contribution in [0.4, 0.5) is 10.1 Å². The zero-order valence-corrected chi connectivity index (χ0v) is 11.6. The SMILES string of the molecule is Cc1occc1C(=O)Nc1cc(S(C)(=O)=O)ccc1F. The number of nitrogens with one attached hydrogen (secondary N) is 1. The molecular formula is C13H12FNO4S. The lowest BCUT2D eigenvalue weighted by molar-refractivity contribution is 0.102. The zero-order valence-electron chi connectivity index (χ0n) is 10.8. The second-order valence-electron chi connectivity index (χ2n) is 4.26. The van der Waals surface area contributed by atoms with E-state index in [1.165, 1.54) is 12.3 Å². The molecule has 1 heterocycles. The molecule has 0 radical (unpaired) electrons. The van der Waals surface area contributed by atoms with Crippen LogP contribution >= 0.6 is 0 Å². The first-order valence-corrected chi connectivity index (χ1v) is 7.53. The van der Waals surface area contributed by atoms with Gasteiger partial charge in [-0.2, -0.15) is 0 Å². The van der Waals surface area contributed by atoms with Gasteiger partial charge in [0.05, 0.1) is 22.4 Å². The average Bonchev–Trinajstić information content (AvgIpc) is 2.77. The monoisotopic (exact) mass is 297 g/mol. The van der Waals surface area contributed by atoms with Gasteiger partial charge >= 0.3 is 0 Å². The number of benzene rings is 1. The van der Waals surface area contributed by atoms with Crippen molar-refractivity contribution >= 4 is 21.4 Å². The third kappa shape index (κ3) is 2.88. The summed E-state index contributed by atoms with van der Waals surface area (Å²) in [6.07, 6.45) is 2.35. The highest BCUT2D eigenvalue weighted by molar-refractivity contribution is 7.90. The topological polar surface area (TPSA) is 76.4 Å². The lowest BCUT2D eigenvalue weighted by Gasteiger charge is -2.07. The van der Waals surface area contributed by atoms with Gasteiger partial charge in [-0.15, -0.1) is 0 Å². The highest BCUT2D eigenvalue weighted by Gasteiger charge is 2.16. The number of anilines is 1. The minimum atomic E-state index is -3.48. The Morgan fingerprint density at radius 1 is 1.30 bits per heavy atom. The van der Waals surface area contributed by atoms with Gasteiger partial charge in [0.2, 0.25) is 0 Å². The standard InChI is InChI=1S/C13H12FNO4S/c1-8-10(5-6-19-8)13(16)15-12-7-9(20(2,17)18)3-4-11(12)14/h3-7H,1-2H3,(H,15,16). The van der Waals surface area contributed by atoms with Crippen LogP contribution < -0.4 is 5.32 Å². The summed E-state index contributed by atoms with van der Waals surface area (Å²) in [6, 6.07) is 4.67. The van der Waals surface area contributed by atoms with Crippen molar-refractivity contribution in [1.29, 1.82) is 0 Å². The Morgan fingerprint density at radius 3 is 2.55 bits per heavy atom. The lowest BCUT2D eigenvalue weighted by atomic mass is 10.2. The molecule has 0 saturated heterocycles. The van der Waals surface area contributed by atoms with Gasteiger partial charge < -0.3 is 9.73 Å². The van der Waals surface area contributed by atoms with Crippen LogP contribution in [0.2, 0.25) is 0 Å². The molecule has 1 N–H and O–H groups in total. The fourth-order valence-electron chi connectivity index (χ4n) is 1.64. The molecule has 106 valence electrons. The summed E-state index contributed by atoms with van der Waals surface area (Å²) in [4.78, 5) is 11.9. The van der Waals surface area contributed by atoms with Crippen LogP contribution in [0.25, 0.3) is 0 Å². The molecule has 1 aromatic carbocycles. The van der Waals surface area contributed by atoms with Crippen molar-refractivity contribution in [3.8, 4) is 0 Å². The summed E-state index contributed by atoms with van der Waals surface area (Å²) < 4.78 is 41.4. The molecule has 0 saturated carbocycles. The Labute approximate surface area is 115 Å². The molecule has 0 aliphatic heterocycles. The number of sulfone groups is 1. The van der Waals surface area contributed by atoms with E-state index < -0.39 is 21.6 Å². The Balaban J connectivity index is 2.34. The van der Waals surface area contributed by atoms with Crippen LogP contribution in [0.1, 0.15) is 16.1 Å². The molecule has 0 atom stereocenters. The first kappa shape index (κ1) is 14.3. The second-order valence-corrected chi connectivity index (χ2v) is 6.27. The molecule has 20 heavy (non-hydrogen) atoms. The third-order valence-electron chi connectivity index (χ3n) is 2.72. The van der Waals surface area contributed by atoms with E-state index in [1.54, 1.807) is 6.92 Å². The molecule has 0 spiro atoms. The number of amides is 1. The van der Waals surface area contributed by atoms with Gasteiger partial charge in [0, 0.05) is 6.26 Å². The summed E-state index contributed by atoms with van der Waals surface area (Å²) in [5, 5.41) is 2.33. The molecule has 2 aromatic rings. The summed E-state index contributed by atoms with van der Waals surface area (Å²) in [5.41, 5.74) is 0.0627. The maximum absolute atomic E-state index is 13.6. The van der Waals surface area contributed by atoms with Gasteiger partial charge in [-0.3, -0.25) is 4.79 Å². The first-order valence-electron chi connectivity index (χ1n) is 5.64. The number of furan rings is 1. The van der Waals surface area contributed by atoms with Gasteiger partial charge in [0.15, 0.2) is 9.84 Å². The molecule has 5 nitrogen and oxygen atoms in total. The van der Waals surface area contributed by atoms with E-state index in [-0.39, 0.29) is 16.1 Å². The van der Waals surface area contributed by atoms with Crippen LogP contribution in [0.15, 0.2) is 39.8 Å². The van der Waals surface area contributed by atoms with Crippen LogP contribution in [0.3, 0.4) is 0 Å². The Kier molecular flexibility index (Phi) is 3.63. The van der Waals surface area contributed by atoms with Gasteiger partial charge in [0.1, 0.15) is 11.6 Å². The maximum atomic E-state index is 13.6. The van der Waals surface area contributed by atoms with E-state index in [4.69, 9.17) is 4.42 Å². The summed E-state index contributed by atoms with van der Waals surface area (Å²) >= 11 is 0. The fraction of sp³-hybridized carbons (Fsp3) is 0.154. The van der Waals surface area contributed by atoms with Crippen LogP contribution in [0, 0.1) is 12.7 Å². The number of hydrogen-bond acceptors (Lipinski definition) is 4. The Morgan fingerprint density at radius 2 is 2.00 bits per heavy atom. The molecule has 0 aliphatic carbocycles. The Bertz CT molecular complexity index is 764. The van der Waals surface area contributed by atoms with E-state index in [0.717, 1.165) is 24.5 Å². The third-order valence-corrected chi connectivity index (χ3v) is 3.83. The summed E-state index contributed by atoms with van der Waals surface area (Å²) in [7, 11) is -3.48. The summed E-state index contributed by atoms with van der Waals surface area (Å²) in [6.45, 7) is 1.60. The van der Waals surface area contributed by atoms with Crippen molar-refractivity contribution in [3.63, 3.8) is 0 Å². The predicted molar refractivity (Wildman–Crippen MR) is 70.9 cm³/mol. The smallest absolute Gasteiger partial charge is 0.259 e.